The second-order valence-electron chi connectivity index (χ2n) is 10.4. The average Bonchev–Trinajstić information content (AvgIpc) is 3.73. The summed E-state index contributed by atoms with van der Waals surface area (Å²) in [7, 11) is 0. The fourth-order valence-electron chi connectivity index (χ4n) is 6.23. The highest BCUT2D eigenvalue weighted by atomic mass is 15.2. The minimum atomic E-state index is -0.232. The van der Waals surface area contributed by atoms with E-state index in [4.69, 9.17) is 30.0 Å². The Labute approximate surface area is 228 Å². The van der Waals surface area contributed by atoms with Gasteiger partial charge in [-0.05, 0) is 0 Å². The lowest BCUT2D eigenvalue weighted by atomic mass is 9.89. The maximum Gasteiger partial charge on any atom is 0.164 e. The van der Waals surface area contributed by atoms with Gasteiger partial charge in [0.15, 0.2) is 11.7 Å². The van der Waals surface area contributed by atoms with E-state index in [-0.39, 0.29) is 23.9 Å². The van der Waals surface area contributed by atoms with Crippen molar-refractivity contribution in [2.24, 2.45) is 47.7 Å². The van der Waals surface area contributed by atoms with Gasteiger partial charge in [0.05, 0.1) is 11.8 Å². The van der Waals surface area contributed by atoms with Gasteiger partial charge in [-0.2, -0.15) is 0 Å². The molecule has 40 heavy (non-hydrogen) atoms. The molecule has 8 bridgehead atoms. The number of aromatic amines is 1. The predicted molar refractivity (Wildman–Crippen MR) is 156 cm³/mol. The SMILES string of the molecule is C1=CC2=C3/N=C4\N=C(N=c5[nH]c(c6ccccc56)=NC5=N/C(=N\C(N3)C2C=C1)C1C=CC=CC51)c1ccccc14. The molecule has 4 unspecified atom stereocenters. The summed E-state index contributed by atoms with van der Waals surface area (Å²) in [6.07, 6.45) is 16.6. The van der Waals surface area contributed by atoms with Crippen LogP contribution in [0.2, 0.25) is 0 Å². The van der Waals surface area contributed by atoms with Crippen LogP contribution in [0.3, 0.4) is 0 Å². The third-order valence-electron chi connectivity index (χ3n) is 8.15. The average molecular weight is 519 g/mol. The summed E-state index contributed by atoms with van der Waals surface area (Å²) in [6, 6.07) is 16.3. The fraction of sp³-hybridized carbons (Fsp3) is 0.125. The number of fused-ring (bicyclic) bond motifs is 17. The highest BCUT2D eigenvalue weighted by molar-refractivity contribution is 6.23. The summed E-state index contributed by atoms with van der Waals surface area (Å²) in [5.41, 5.74) is 4.43. The van der Waals surface area contributed by atoms with Gasteiger partial charge >= 0.3 is 0 Å². The molecule has 0 saturated heterocycles. The number of allylic oxidation sites excluding steroid dienone is 5. The molecule has 9 rings (SSSR count). The van der Waals surface area contributed by atoms with E-state index in [9.17, 15) is 0 Å². The van der Waals surface area contributed by atoms with Crippen molar-refractivity contribution in [3.63, 3.8) is 0 Å². The van der Waals surface area contributed by atoms with Gasteiger partial charge in [-0.15, -0.1) is 0 Å². The Balaban J connectivity index is 1.35. The number of aliphatic imine (C=N–C) groups is 4. The van der Waals surface area contributed by atoms with Gasteiger partial charge in [0.1, 0.15) is 34.6 Å². The Kier molecular flexibility index (Phi) is 4.40. The topological polar surface area (TPSA) is 102 Å². The lowest BCUT2D eigenvalue weighted by Crippen LogP contribution is -2.29. The number of hydrogen-bond acceptors (Lipinski definition) is 7. The van der Waals surface area contributed by atoms with Crippen LogP contribution in [0, 0.1) is 17.8 Å². The maximum atomic E-state index is 5.19. The molecule has 0 amide bonds. The quantitative estimate of drug-likeness (QED) is 0.466. The molecule has 0 spiro atoms. The van der Waals surface area contributed by atoms with E-state index in [1.165, 1.54) is 0 Å². The summed E-state index contributed by atoms with van der Waals surface area (Å²) >= 11 is 0. The normalized spacial score (nSPS) is 29.3. The van der Waals surface area contributed by atoms with E-state index in [0.717, 1.165) is 50.5 Å². The van der Waals surface area contributed by atoms with Crippen molar-refractivity contribution in [3.8, 4) is 0 Å². The molecule has 0 fully saturated rings. The highest BCUT2D eigenvalue weighted by Crippen LogP contribution is 2.36. The Morgan fingerprint density at radius 2 is 1.23 bits per heavy atom. The first kappa shape index (κ1) is 21.7. The van der Waals surface area contributed by atoms with Gasteiger partial charge in [-0.1, -0.05) is 97.1 Å². The molecule has 190 valence electrons. The Hall–Kier alpha value is -5.24. The van der Waals surface area contributed by atoms with Crippen LogP contribution in [-0.2, 0) is 0 Å². The van der Waals surface area contributed by atoms with Gasteiger partial charge in [-0.3, -0.25) is 0 Å². The predicted octanol–water partition coefficient (Wildman–Crippen LogP) is 3.68. The molecular formula is C32H22N8. The number of amidine groups is 4. The van der Waals surface area contributed by atoms with Crippen LogP contribution >= 0.6 is 0 Å². The standard InChI is InChI=1S/C32H22N8/c1-2-10-18-17(9-1)25-33-26(18)38-28-21-13-5-6-14-22(21)30(35-28)40-32-24-16-8-7-15-23(24)31(36-32)39-29-20-12-4-3-11-19(20)27(34-29)37-25/h1-19,27,34H,(H,33,35,36,37,38,39,40). The number of hydrogen-bond donors (Lipinski definition) is 2. The highest BCUT2D eigenvalue weighted by Gasteiger charge is 2.38. The molecule has 0 saturated carbocycles. The molecule has 5 heterocycles. The Morgan fingerprint density at radius 1 is 0.575 bits per heavy atom. The van der Waals surface area contributed by atoms with E-state index in [0.29, 0.717) is 17.2 Å². The van der Waals surface area contributed by atoms with Gasteiger partial charge in [0.2, 0.25) is 0 Å². The monoisotopic (exact) mass is 518 g/mol. The summed E-state index contributed by atoms with van der Waals surface area (Å²) in [5.74, 6) is 3.64. The molecule has 2 aliphatic carbocycles. The summed E-state index contributed by atoms with van der Waals surface area (Å²) < 4.78 is 0. The lowest BCUT2D eigenvalue weighted by Gasteiger charge is -2.19. The Morgan fingerprint density at radius 3 is 2.02 bits per heavy atom. The number of aromatic nitrogens is 1. The van der Waals surface area contributed by atoms with E-state index in [1.54, 1.807) is 0 Å². The van der Waals surface area contributed by atoms with Crippen molar-refractivity contribution < 1.29 is 0 Å². The number of H-pyrrole nitrogens is 1. The zero-order valence-corrected chi connectivity index (χ0v) is 21.2. The van der Waals surface area contributed by atoms with Gasteiger partial charge in [-0.25, -0.2) is 30.0 Å². The van der Waals surface area contributed by atoms with Crippen LogP contribution in [0.1, 0.15) is 11.1 Å². The molecule has 3 aromatic rings. The van der Waals surface area contributed by atoms with Gasteiger partial charge in [0, 0.05) is 33.4 Å². The van der Waals surface area contributed by atoms with Crippen molar-refractivity contribution in [2.45, 2.75) is 6.17 Å². The third kappa shape index (κ3) is 3.13. The van der Waals surface area contributed by atoms with Crippen molar-refractivity contribution in [2.75, 3.05) is 0 Å². The maximum absolute atomic E-state index is 5.19. The van der Waals surface area contributed by atoms with Crippen LogP contribution in [0.15, 0.2) is 138 Å². The summed E-state index contributed by atoms with van der Waals surface area (Å²) in [6.45, 7) is 0. The zero-order chi connectivity index (χ0) is 26.2. The molecule has 4 aliphatic heterocycles. The van der Waals surface area contributed by atoms with E-state index < -0.39 is 0 Å². The first-order chi connectivity index (χ1) is 19.8. The van der Waals surface area contributed by atoms with Crippen molar-refractivity contribution in [1.29, 1.82) is 0 Å². The number of nitrogens with zero attached hydrogens (tertiary/aromatic N) is 6. The Bertz CT molecular complexity index is 2060. The van der Waals surface area contributed by atoms with Crippen molar-refractivity contribution in [3.05, 3.63) is 131 Å². The van der Waals surface area contributed by atoms with Gasteiger partial charge < -0.3 is 10.3 Å². The van der Waals surface area contributed by atoms with Crippen LogP contribution in [0.5, 0.6) is 0 Å². The summed E-state index contributed by atoms with van der Waals surface area (Å²) in [4.78, 5) is 33.8. The van der Waals surface area contributed by atoms with Gasteiger partial charge in [0.25, 0.3) is 0 Å². The summed E-state index contributed by atoms with van der Waals surface area (Å²) in [5, 5.41) is 5.55. The van der Waals surface area contributed by atoms with Crippen LogP contribution in [-0.4, -0.2) is 34.5 Å². The smallest absolute Gasteiger partial charge is 0.164 e. The first-order valence-electron chi connectivity index (χ1n) is 13.5. The molecule has 6 aliphatic rings. The molecule has 8 nitrogen and oxygen atoms in total. The molecule has 2 N–H and O–H groups in total. The largest absolute Gasteiger partial charge is 0.347 e. The number of rotatable bonds is 0. The molecule has 4 atom stereocenters. The lowest BCUT2D eigenvalue weighted by molar-refractivity contribution is 0.550. The molecule has 8 heteroatoms. The first-order valence-corrected chi connectivity index (χ1v) is 13.5. The molecular weight excluding hydrogens is 496 g/mol. The molecule has 1 aromatic heterocycles. The van der Waals surface area contributed by atoms with Crippen LogP contribution in [0.25, 0.3) is 10.8 Å². The second-order valence-corrected chi connectivity index (χ2v) is 10.4. The van der Waals surface area contributed by atoms with E-state index >= 15 is 0 Å². The van der Waals surface area contributed by atoms with E-state index in [2.05, 4.69) is 65.0 Å². The number of benzene rings is 2. The van der Waals surface area contributed by atoms with E-state index in [1.807, 2.05) is 42.5 Å². The third-order valence-corrected chi connectivity index (χ3v) is 8.15. The van der Waals surface area contributed by atoms with Crippen molar-refractivity contribution in [1.82, 2.24) is 10.3 Å². The van der Waals surface area contributed by atoms with Crippen LogP contribution < -0.4 is 16.3 Å². The van der Waals surface area contributed by atoms with Crippen LogP contribution in [0.4, 0.5) is 0 Å². The van der Waals surface area contributed by atoms with Crippen molar-refractivity contribution >= 4 is 34.1 Å². The molecule has 0 radical (unpaired) electrons. The molecule has 2 aromatic carbocycles. The number of nitrogens with one attached hydrogen (secondary N) is 2. The minimum Gasteiger partial charge on any atom is -0.347 e. The zero-order valence-electron chi connectivity index (χ0n) is 21.2. The minimum absolute atomic E-state index is 0.0180. The fourth-order valence-corrected chi connectivity index (χ4v) is 6.23. The second kappa shape index (κ2) is 8.13.